The second kappa shape index (κ2) is 12.8. The summed E-state index contributed by atoms with van der Waals surface area (Å²) in [5.41, 5.74) is 3.74. The van der Waals surface area contributed by atoms with Crippen LogP contribution in [-0.2, 0) is 4.79 Å². The van der Waals surface area contributed by atoms with Gasteiger partial charge in [0.2, 0.25) is 5.91 Å². The fraction of sp³-hybridized carbons (Fsp3) is 0.263. The van der Waals surface area contributed by atoms with Gasteiger partial charge in [-0.3, -0.25) is 9.78 Å². The maximum absolute atomic E-state index is 11.1. The van der Waals surface area contributed by atoms with Gasteiger partial charge in [0.25, 0.3) is 0 Å². The number of carbonyl (C=O) groups is 1. The molecule has 1 aromatic heterocycles. The van der Waals surface area contributed by atoms with Crippen LogP contribution in [0.4, 0.5) is 11.4 Å². The van der Waals surface area contributed by atoms with Crippen LogP contribution in [0.15, 0.2) is 55.4 Å². The lowest BCUT2D eigenvalue weighted by Gasteiger charge is -2.10. The molecule has 0 unspecified atom stereocenters. The summed E-state index contributed by atoms with van der Waals surface area (Å²) in [6.45, 7) is 6.75. The molecule has 130 valence electrons. The van der Waals surface area contributed by atoms with E-state index in [1.165, 1.54) is 6.92 Å². The topological polar surface area (TPSA) is 66.0 Å². The molecule has 2 aromatic rings. The number of aromatic nitrogens is 1. The molecule has 0 saturated carbocycles. The Labute approximate surface area is 145 Å². The highest BCUT2D eigenvalue weighted by Gasteiger charge is 2.04. The molecule has 1 aromatic carbocycles. The van der Waals surface area contributed by atoms with Crippen LogP contribution in [0.5, 0.6) is 0 Å². The number of hydrogen-bond acceptors (Lipinski definition) is 4. The third kappa shape index (κ3) is 8.70. The summed E-state index contributed by atoms with van der Waals surface area (Å²) in [5.74, 6) is -0.0830. The molecule has 0 bridgehead atoms. The molecule has 0 fully saturated rings. The van der Waals surface area contributed by atoms with Crippen molar-refractivity contribution in [3.63, 3.8) is 0 Å². The van der Waals surface area contributed by atoms with Gasteiger partial charge in [-0.2, -0.15) is 0 Å². The maximum Gasteiger partial charge on any atom is 0.221 e. The summed E-state index contributed by atoms with van der Waals surface area (Å²) in [7, 11) is 5.60. The van der Waals surface area contributed by atoms with Crippen LogP contribution >= 0.6 is 0 Å². The maximum atomic E-state index is 11.1. The molecule has 5 nitrogen and oxygen atoms in total. The lowest BCUT2D eigenvalue weighted by molar-refractivity contribution is -0.114. The Kier molecular flexibility index (Phi) is 11.4. The van der Waals surface area contributed by atoms with Gasteiger partial charge in [-0.15, -0.1) is 6.58 Å². The molecule has 1 amide bonds. The van der Waals surface area contributed by atoms with E-state index in [1.807, 2.05) is 58.4 Å². The molecule has 0 aliphatic heterocycles. The van der Waals surface area contributed by atoms with Gasteiger partial charge in [0.15, 0.2) is 0 Å². The summed E-state index contributed by atoms with van der Waals surface area (Å²) < 4.78 is 0. The number of nitrogens with zero attached hydrogens (tertiary/aromatic N) is 1. The van der Waals surface area contributed by atoms with Crippen molar-refractivity contribution in [1.82, 2.24) is 10.3 Å². The van der Waals surface area contributed by atoms with Crippen molar-refractivity contribution >= 4 is 17.3 Å². The van der Waals surface area contributed by atoms with E-state index in [0.29, 0.717) is 0 Å². The summed E-state index contributed by atoms with van der Waals surface area (Å²) in [5, 5.41) is 8.62. The predicted molar refractivity (Wildman–Crippen MR) is 104 cm³/mol. The first-order valence-corrected chi connectivity index (χ1v) is 7.68. The van der Waals surface area contributed by atoms with Gasteiger partial charge in [-0.25, -0.2) is 0 Å². The van der Waals surface area contributed by atoms with E-state index in [0.717, 1.165) is 22.5 Å². The Morgan fingerprint density at radius 2 is 1.71 bits per heavy atom. The van der Waals surface area contributed by atoms with Crippen LogP contribution < -0.4 is 16.0 Å². The van der Waals surface area contributed by atoms with Crippen molar-refractivity contribution in [2.75, 3.05) is 31.8 Å². The molecule has 0 radical (unpaired) electrons. The summed E-state index contributed by atoms with van der Waals surface area (Å²) in [6, 6.07) is 9.71. The average Bonchev–Trinajstić information content (AvgIpc) is 2.56. The third-order valence-corrected chi connectivity index (χ3v) is 2.54. The molecule has 24 heavy (non-hydrogen) atoms. The zero-order valence-corrected chi connectivity index (χ0v) is 15.2. The van der Waals surface area contributed by atoms with E-state index in [4.69, 9.17) is 0 Å². The van der Waals surface area contributed by atoms with E-state index in [9.17, 15) is 4.79 Å². The minimum absolute atomic E-state index is 0.0830. The van der Waals surface area contributed by atoms with Gasteiger partial charge in [0, 0.05) is 43.3 Å². The van der Waals surface area contributed by atoms with Crippen LogP contribution in [0.2, 0.25) is 0 Å². The minimum atomic E-state index is -0.0830. The first kappa shape index (κ1) is 21.3. The number of hydrogen-bond donors (Lipinski definition) is 3. The summed E-state index contributed by atoms with van der Waals surface area (Å²) in [6.07, 6.45) is 5.28. The van der Waals surface area contributed by atoms with Gasteiger partial charge in [-0.05, 0) is 50.8 Å². The van der Waals surface area contributed by atoms with Crippen molar-refractivity contribution in [3.05, 3.63) is 55.4 Å². The van der Waals surface area contributed by atoms with Gasteiger partial charge in [-0.1, -0.05) is 12.1 Å². The molecule has 0 aliphatic rings. The highest BCUT2D eigenvalue weighted by molar-refractivity contribution is 5.90. The SMILES string of the molecule is C=CC.CNC.CNc1cc(NC(C)=O)cc(-c2cccnc2)c1. The number of nitrogens with one attached hydrogen (secondary N) is 3. The van der Waals surface area contributed by atoms with Crippen LogP contribution in [-0.4, -0.2) is 32.0 Å². The van der Waals surface area contributed by atoms with E-state index in [-0.39, 0.29) is 5.91 Å². The lowest BCUT2D eigenvalue weighted by atomic mass is 10.1. The number of carbonyl (C=O) groups excluding carboxylic acids is 1. The number of benzene rings is 1. The highest BCUT2D eigenvalue weighted by Crippen LogP contribution is 2.26. The van der Waals surface area contributed by atoms with Gasteiger partial charge >= 0.3 is 0 Å². The molecular formula is C19H28N4O. The number of allylic oxidation sites excluding steroid dienone is 1. The van der Waals surface area contributed by atoms with E-state index >= 15 is 0 Å². The number of rotatable bonds is 3. The molecule has 1 heterocycles. The number of amides is 1. The Morgan fingerprint density at radius 1 is 1.12 bits per heavy atom. The quantitative estimate of drug-likeness (QED) is 0.750. The first-order chi connectivity index (χ1) is 11.5. The number of pyridine rings is 1. The monoisotopic (exact) mass is 328 g/mol. The van der Waals surface area contributed by atoms with Gasteiger partial charge in [0.1, 0.15) is 0 Å². The predicted octanol–water partition coefficient (Wildman–Crippen LogP) is 3.78. The average molecular weight is 328 g/mol. The Hall–Kier alpha value is -2.66. The second-order valence-electron chi connectivity index (χ2n) is 4.88. The molecule has 3 N–H and O–H groups in total. The minimum Gasteiger partial charge on any atom is -0.388 e. The van der Waals surface area contributed by atoms with Crippen molar-refractivity contribution in [1.29, 1.82) is 0 Å². The third-order valence-electron chi connectivity index (χ3n) is 2.54. The van der Waals surface area contributed by atoms with Gasteiger partial charge in [0.05, 0.1) is 0 Å². The Balaban J connectivity index is 0.000000772. The lowest BCUT2D eigenvalue weighted by Crippen LogP contribution is -2.06. The van der Waals surface area contributed by atoms with Crippen molar-refractivity contribution in [2.45, 2.75) is 13.8 Å². The second-order valence-corrected chi connectivity index (χ2v) is 4.88. The van der Waals surface area contributed by atoms with Crippen LogP contribution in [0.3, 0.4) is 0 Å². The van der Waals surface area contributed by atoms with Gasteiger partial charge < -0.3 is 16.0 Å². The fourth-order valence-corrected chi connectivity index (χ4v) is 1.75. The van der Waals surface area contributed by atoms with Crippen LogP contribution in [0.25, 0.3) is 11.1 Å². The zero-order valence-electron chi connectivity index (χ0n) is 15.2. The molecular weight excluding hydrogens is 300 g/mol. The van der Waals surface area contributed by atoms with E-state index < -0.39 is 0 Å². The summed E-state index contributed by atoms with van der Waals surface area (Å²) in [4.78, 5) is 15.2. The molecule has 0 spiro atoms. The zero-order chi connectivity index (χ0) is 18.4. The Morgan fingerprint density at radius 3 is 2.17 bits per heavy atom. The van der Waals surface area contributed by atoms with Crippen LogP contribution in [0, 0.1) is 0 Å². The van der Waals surface area contributed by atoms with E-state index in [1.54, 1.807) is 18.5 Å². The molecule has 0 atom stereocenters. The largest absolute Gasteiger partial charge is 0.388 e. The molecule has 0 saturated heterocycles. The van der Waals surface area contributed by atoms with Crippen molar-refractivity contribution in [2.24, 2.45) is 0 Å². The highest BCUT2D eigenvalue weighted by atomic mass is 16.1. The molecule has 0 aliphatic carbocycles. The first-order valence-electron chi connectivity index (χ1n) is 7.68. The summed E-state index contributed by atoms with van der Waals surface area (Å²) >= 11 is 0. The smallest absolute Gasteiger partial charge is 0.221 e. The number of anilines is 2. The molecule has 5 heteroatoms. The van der Waals surface area contributed by atoms with Crippen molar-refractivity contribution < 1.29 is 4.79 Å². The Bertz CT molecular complexity index is 612. The van der Waals surface area contributed by atoms with E-state index in [2.05, 4.69) is 27.5 Å². The van der Waals surface area contributed by atoms with Crippen molar-refractivity contribution in [3.8, 4) is 11.1 Å². The normalized spacial score (nSPS) is 8.71. The fourth-order valence-electron chi connectivity index (χ4n) is 1.75. The standard InChI is InChI=1S/C14H15N3O.C3H6.C2H7N/c1-10(18)17-14-7-12(6-13(8-14)15-2)11-4-3-5-16-9-11;2*1-3-2/h3-9,15H,1-2H3,(H,17,18);3H,1H2,2H3;3H,1-2H3. The van der Waals surface area contributed by atoms with Crippen LogP contribution in [0.1, 0.15) is 13.8 Å². The molecule has 2 rings (SSSR count).